The maximum absolute atomic E-state index is 11.9. The molecule has 0 fully saturated rings. The normalized spacial score (nSPS) is 10.9. The third kappa shape index (κ3) is 2.74. The van der Waals surface area contributed by atoms with Gasteiger partial charge in [-0.1, -0.05) is 12.1 Å². The van der Waals surface area contributed by atoms with Crippen LogP contribution in [0.25, 0.3) is 10.9 Å². The average molecular weight is 284 g/mol. The first-order chi connectivity index (χ1) is 10.1. The summed E-state index contributed by atoms with van der Waals surface area (Å²) in [6.07, 6.45) is 4.32. The molecule has 0 saturated heterocycles. The number of H-pyrrole nitrogens is 3. The SMILES string of the molecule is Cc1ccc2c(CCC(=O)Nc3c[nH][nH]c3=O)c[nH]c2c1. The lowest BCUT2D eigenvalue weighted by Gasteiger charge is -2.01. The summed E-state index contributed by atoms with van der Waals surface area (Å²) in [4.78, 5) is 26.4. The van der Waals surface area contributed by atoms with Crippen molar-refractivity contribution >= 4 is 22.5 Å². The number of aryl methyl sites for hydroxylation is 2. The quantitative estimate of drug-likeness (QED) is 0.590. The number of hydrogen-bond donors (Lipinski definition) is 4. The maximum Gasteiger partial charge on any atom is 0.287 e. The van der Waals surface area contributed by atoms with Crippen LogP contribution in [0.15, 0.2) is 35.4 Å². The van der Waals surface area contributed by atoms with Crippen molar-refractivity contribution in [1.29, 1.82) is 0 Å². The molecular weight excluding hydrogens is 268 g/mol. The summed E-state index contributed by atoms with van der Waals surface area (Å²) in [6, 6.07) is 6.20. The van der Waals surface area contributed by atoms with Gasteiger partial charge in [-0.15, -0.1) is 0 Å². The Hall–Kier alpha value is -2.76. The van der Waals surface area contributed by atoms with E-state index >= 15 is 0 Å². The van der Waals surface area contributed by atoms with Gasteiger partial charge in [-0.3, -0.25) is 14.7 Å². The highest BCUT2D eigenvalue weighted by Gasteiger charge is 2.09. The van der Waals surface area contributed by atoms with Crippen LogP contribution in [0.3, 0.4) is 0 Å². The molecule has 0 spiro atoms. The summed E-state index contributed by atoms with van der Waals surface area (Å²) >= 11 is 0. The smallest absolute Gasteiger partial charge is 0.287 e. The summed E-state index contributed by atoms with van der Waals surface area (Å²) in [5.74, 6) is -0.179. The second-order valence-electron chi connectivity index (χ2n) is 5.07. The van der Waals surface area contributed by atoms with Crippen molar-refractivity contribution in [2.24, 2.45) is 0 Å². The van der Waals surface area contributed by atoms with Gasteiger partial charge < -0.3 is 15.4 Å². The molecule has 0 radical (unpaired) electrons. The number of anilines is 1. The zero-order valence-corrected chi connectivity index (χ0v) is 11.6. The number of amides is 1. The number of aromatic amines is 3. The van der Waals surface area contributed by atoms with Gasteiger partial charge in [0.2, 0.25) is 5.91 Å². The van der Waals surface area contributed by atoms with Crippen molar-refractivity contribution < 1.29 is 4.79 Å². The zero-order chi connectivity index (χ0) is 14.8. The van der Waals surface area contributed by atoms with Crippen molar-refractivity contribution in [2.45, 2.75) is 19.8 Å². The number of aromatic nitrogens is 3. The Balaban J connectivity index is 1.68. The van der Waals surface area contributed by atoms with Crippen LogP contribution in [0.5, 0.6) is 0 Å². The molecule has 0 unspecified atom stereocenters. The molecule has 2 heterocycles. The summed E-state index contributed by atoms with van der Waals surface area (Å²) < 4.78 is 0. The Morgan fingerprint density at radius 1 is 1.29 bits per heavy atom. The molecule has 3 aromatic rings. The molecule has 4 N–H and O–H groups in total. The minimum absolute atomic E-state index is 0.179. The highest BCUT2D eigenvalue weighted by atomic mass is 16.2. The molecule has 0 aliphatic rings. The van der Waals surface area contributed by atoms with Crippen LogP contribution in [0, 0.1) is 6.92 Å². The maximum atomic E-state index is 11.9. The van der Waals surface area contributed by atoms with E-state index in [1.807, 2.05) is 13.1 Å². The Labute approximate surface area is 120 Å². The lowest BCUT2D eigenvalue weighted by atomic mass is 10.1. The Kier molecular flexibility index (Phi) is 3.35. The van der Waals surface area contributed by atoms with Crippen molar-refractivity contribution in [3.05, 3.63) is 52.1 Å². The fourth-order valence-electron chi connectivity index (χ4n) is 2.37. The third-order valence-corrected chi connectivity index (χ3v) is 3.47. The van der Waals surface area contributed by atoms with Crippen LogP contribution >= 0.6 is 0 Å². The van der Waals surface area contributed by atoms with Gasteiger partial charge in [0.05, 0.1) is 0 Å². The Morgan fingerprint density at radius 2 is 2.14 bits per heavy atom. The number of carbonyl (C=O) groups is 1. The Morgan fingerprint density at radius 3 is 2.90 bits per heavy atom. The molecule has 108 valence electrons. The van der Waals surface area contributed by atoms with Gasteiger partial charge >= 0.3 is 0 Å². The van der Waals surface area contributed by atoms with Crippen molar-refractivity contribution in [3.63, 3.8) is 0 Å². The minimum atomic E-state index is -0.328. The van der Waals surface area contributed by atoms with Crippen molar-refractivity contribution in [2.75, 3.05) is 5.32 Å². The molecule has 3 rings (SSSR count). The minimum Gasteiger partial charge on any atom is -0.361 e. The van der Waals surface area contributed by atoms with Crippen LogP contribution in [0.1, 0.15) is 17.5 Å². The summed E-state index contributed by atoms with van der Waals surface area (Å²) in [5.41, 5.74) is 3.29. The topological polar surface area (TPSA) is 93.5 Å². The first kappa shape index (κ1) is 13.2. The largest absolute Gasteiger partial charge is 0.361 e. The van der Waals surface area contributed by atoms with E-state index < -0.39 is 0 Å². The summed E-state index contributed by atoms with van der Waals surface area (Å²) in [6.45, 7) is 2.04. The molecule has 0 bridgehead atoms. The van der Waals surface area contributed by atoms with Gasteiger partial charge in [0.25, 0.3) is 5.56 Å². The summed E-state index contributed by atoms with van der Waals surface area (Å²) in [5, 5.41) is 8.64. The van der Waals surface area contributed by atoms with E-state index in [0.717, 1.165) is 16.5 Å². The number of benzene rings is 1. The zero-order valence-electron chi connectivity index (χ0n) is 11.6. The first-order valence-electron chi connectivity index (χ1n) is 6.76. The van der Waals surface area contributed by atoms with Crippen LogP contribution in [-0.2, 0) is 11.2 Å². The van der Waals surface area contributed by atoms with E-state index in [-0.39, 0.29) is 17.2 Å². The molecular formula is C15H16N4O2. The molecule has 6 nitrogen and oxygen atoms in total. The lowest BCUT2D eigenvalue weighted by molar-refractivity contribution is -0.116. The van der Waals surface area contributed by atoms with Gasteiger partial charge in [0, 0.05) is 29.7 Å². The number of rotatable bonds is 4. The van der Waals surface area contributed by atoms with Gasteiger partial charge in [-0.2, -0.15) is 0 Å². The highest BCUT2D eigenvalue weighted by molar-refractivity contribution is 5.91. The molecule has 2 aromatic heterocycles. The number of hydrogen-bond acceptors (Lipinski definition) is 2. The highest BCUT2D eigenvalue weighted by Crippen LogP contribution is 2.20. The van der Waals surface area contributed by atoms with E-state index in [1.165, 1.54) is 11.8 Å². The molecule has 1 aromatic carbocycles. The predicted octanol–water partition coefficient (Wildman–Crippen LogP) is 2.06. The monoisotopic (exact) mass is 284 g/mol. The van der Waals surface area contributed by atoms with Gasteiger partial charge in [0.1, 0.15) is 5.69 Å². The number of fused-ring (bicyclic) bond motifs is 1. The lowest BCUT2D eigenvalue weighted by Crippen LogP contribution is -2.17. The molecule has 21 heavy (non-hydrogen) atoms. The van der Waals surface area contributed by atoms with Crippen LogP contribution in [0.2, 0.25) is 0 Å². The molecule has 0 aliphatic carbocycles. The van der Waals surface area contributed by atoms with Gasteiger partial charge in [-0.05, 0) is 30.5 Å². The molecule has 1 amide bonds. The molecule has 0 aliphatic heterocycles. The first-order valence-corrected chi connectivity index (χ1v) is 6.76. The van der Waals surface area contributed by atoms with Crippen molar-refractivity contribution in [1.82, 2.24) is 15.2 Å². The van der Waals surface area contributed by atoms with Crippen LogP contribution < -0.4 is 10.9 Å². The molecule has 0 saturated carbocycles. The van der Waals surface area contributed by atoms with Crippen LogP contribution in [0.4, 0.5) is 5.69 Å². The molecule has 6 heteroatoms. The Bertz CT molecular complexity index is 841. The number of carbonyl (C=O) groups excluding carboxylic acids is 1. The van der Waals surface area contributed by atoms with E-state index in [0.29, 0.717) is 12.8 Å². The van der Waals surface area contributed by atoms with E-state index in [4.69, 9.17) is 0 Å². The van der Waals surface area contributed by atoms with E-state index in [2.05, 4.69) is 38.7 Å². The molecule has 0 atom stereocenters. The van der Waals surface area contributed by atoms with Gasteiger partial charge in [-0.25, -0.2) is 0 Å². The fraction of sp³-hybridized carbons (Fsp3) is 0.200. The third-order valence-electron chi connectivity index (χ3n) is 3.47. The van der Waals surface area contributed by atoms with Gasteiger partial charge in [0.15, 0.2) is 0 Å². The second-order valence-corrected chi connectivity index (χ2v) is 5.07. The fourth-order valence-corrected chi connectivity index (χ4v) is 2.37. The van der Waals surface area contributed by atoms with E-state index in [1.54, 1.807) is 0 Å². The second kappa shape index (κ2) is 5.32. The average Bonchev–Trinajstić information content (AvgIpc) is 3.03. The van der Waals surface area contributed by atoms with Crippen LogP contribution in [-0.4, -0.2) is 21.1 Å². The standard InChI is InChI=1S/C15H16N4O2/c1-9-2-4-11-10(7-16-12(11)6-9)3-5-14(20)18-13-8-17-19-15(13)21/h2,4,6-8,16H,3,5H2,1H3,(H,18,20)(H2,17,19,21). The number of nitrogens with one attached hydrogen (secondary N) is 4. The van der Waals surface area contributed by atoms with Crippen molar-refractivity contribution in [3.8, 4) is 0 Å². The van der Waals surface area contributed by atoms with E-state index in [9.17, 15) is 9.59 Å². The predicted molar refractivity (Wildman–Crippen MR) is 81.4 cm³/mol. The summed E-state index contributed by atoms with van der Waals surface area (Å²) in [7, 11) is 0.